The van der Waals surface area contributed by atoms with E-state index in [1.807, 2.05) is 29.1 Å². The normalized spacial score (nSPS) is 12.3. The molecule has 5 aromatic rings. The number of pyridine rings is 1. The quantitative estimate of drug-likeness (QED) is 0.413. The summed E-state index contributed by atoms with van der Waals surface area (Å²) < 4.78 is 7.79. The van der Waals surface area contributed by atoms with Crippen molar-refractivity contribution in [2.24, 2.45) is 0 Å². The van der Waals surface area contributed by atoms with Crippen LogP contribution in [0.5, 0.6) is 11.8 Å². The highest BCUT2D eigenvalue weighted by atomic mass is 16.5. The highest BCUT2D eigenvalue weighted by molar-refractivity contribution is 5.80. The number of rotatable bonds is 6. The first-order valence-electron chi connectivity index (χ1n) is 10.7. The number of ether oxygens (including phenoxy) is 1. The van der Waals surface area contributed by atoms with E-state index >= 15 is 0 Å². The number of benzene rings is 2. The van der Waals surface area contributed by atoms with Gasteiger partial charge in [-0.15, -0.1) is 0 Å². The summed E-state index contributed by atoms with van der Waals surface area (Å²) in [7, 11) is 0. The molecule has 7 nitrogen and oxygen atoms in total. The van der Waals surface area contributed by atoms with Gasteiger partial charge in [0.1, 0.15) is 5.75 Å². The third-order valence-corrected chi connectivity index (χ3v) is 5.81. The van der Waals surface area contributed by atoms with Crippen molar-refractivity contribution in [1.29, 1.82) is 0 Å². The molecular weight excluding hydrogens is 402 g/mol. The Morgan fingerprint density at radius 1 is 1.09 bits per heavy atom. The Labute approximate surface area is 184 Å². The van der Waals surface area contributed by atoms with E-state index in [1.165, 1.54) is 11.1 Å². The predicted octanol–water partition coefficient (Wildman–Crippen LogP) is 5.02. The molecule has 0 amide bonds. The fourth-order valence-electron chi connectivity index (χ4n) is 3.74. The Balaban J connectivity index is 1.38. The van der Waals surface area contributed by atoms with E-state index in [1.54, 1.807) is 18.5 Å². The van der Waals surface area contributed by atoms with Crippen LogP contribution in [-0.4, -0.2) is 24.7 Å². The van der Waals surface area contributed by atoms with Crippen LogP contribution < -0.4 is 10.3 Å². The fourth-order valence-corrected chi connectivity index (χ4v) is 3.74. The molecule has 3 aromatic heterocycles. The Hall–Kier alpha value is -4.00. The standard InChI is InChI=1S/C25H23N5O2/c1-3-16(2)18-6-4-17(5-7-18)15-30-23-9-8-20(12-19(23)13-27-30)32-25-28-22-14-26-11-10-21(22)24(31)29-25/h4-14,16H,3,15H2,1-2H3,(H,28,29,31). The monoisotopic (exact) mass is 425 g/mol. The summed E-state index contributed by atoms with van der Waals surface area (Å²) >= 11 is 0. The molecule has 0 fully saturated rings. The second-order valence-electron chi connectivity index (χ2n) is 7.94. The lowest BCUT2D eigenvalue weighted by molar-refractivity contribution is 0.443. The molecule has 0 aliphatic rings. The highest BCUT2D eigenvalue weighted by Gasteiger charge is 2.09. The number of nitrogens with one attached hydrogen (secondary N) is 1. The van der Waals surface area contributed by atoms with Crippen molar-refractivity contribution in [3.63, 3.8) is 0 Å². The molecule has 0 aliphatic heterocycles. The molecule has 160 valence electrons. The van der Waals surface area contributed by atoms with Crippen LogP contribution in [0, 0.1) is 0 Å². The minimum absolute atomic E-state index is 0.128. The van der Waals surface area contributed by atoms with Gasteiger partial charge in [0, 0.05) is 11.6 Å². The van der Waals surface area contributed by atoms with Gasteiger partial charge in [0.25, 0.3) is 5.56 Å². The van der Waals surface area contributed by atoms with Gasteiger partial charge < -0.3 is 4.74 Å². The van der Waals surface area contributed by atoms with Gasteiger partial charge in [-0.2, -0.15) is 10.1 Å². The van der Waals surface area contributed by atoms with Gasteiger partial charge in [0.05, 0.1) is 35.4 Å². The molecule has 0 bridgehead atoms. The second-order valence-corrected chi connectivity index (χ2v) is 7.94. The molecular formula is C25H23N5O2. The number of aromatic amines is 1. The number of fused-ring (bicyclic) bond motifs is 2. The zero-order chi connectivity index (χ0) is 22.1. The van der Waals surface area contributed by atoms with Gasteiger partial charge in [0.15, 0.2) is 0 Å². The van der Waals surface area contributed by atoms with Crippen molar-refractivity contribution in [2.45, 2.75) is 32.7 Å². The van der Waals surface area contributed by atoms with E-state index in [0.717, 1.165) is 17.3 Å². The van der Waals surface area contributed by atoms with Gasteiger partial charge in [0.2, 0.25) is 0 Å². The zero-order valence-corrected chi connectivity index (χ0v) is 17.9. The summed E-state index contributed by atoms with van der Waals surface area (Å²) in [5.74, 6) is 1.14. The molecule has 0 radical (unpaired) electrons. The lowest BCUT2D eigenvalue weighted by atomic mass is 9.98. The summed E-state index contributed by atoms with van der Waals surface area (Å²) in [6.45, 7) is 5.14. The minimum atomic E-state index is -0.263. The van der Waals surface area contributed by atoms with Crippen molar-refractivity contribution >= 4 is 21.8 Å². The highest BCUT2D eigenvalue weighted by Crippen LogP contribution is 2.25. The number of nitrogens with zero attached hydrogens (tertiary/aromatic N) is 4. The van der Waals surface area contributed by atoms with Crippen LogP contribution in [0.2, 0.25) is 0 Å². The van der Waals surface area contributed by atoms with Crippen molar-refractivity contribution in [3.05, 3.63) is 88.6 Å². The number of aromatic nitrogens is 5. The predicted molar refractivity (Wildman–Crippen MR) is 124 cm³/mol. The number of H-pyrrole nitrogens is 1. The SMILES string of the molecule is CCC(C)c1ccc(Cn2ncc3cc(Oc4nc5cnccc5c(=O)[nH]4)ccc32)cc1. The van der Waals surface area contributed by atoms with Gasteiger partial charge in [-0.25, -0.2) is 0 Å². The molecule has 0 saturated carbocycles. The van der Waals surface area contributed by atoms with Crippen LogP contribution in [-0.2, 0) is 6.54 Å². The fraction of sp³-hybridized carbons (Fsp3) is 0.200. The Kier molecular flexibility index (Phi) is 5.15. The van der Waals surface area contributed by atoms with E-state index in [-0.39, 0.29) is 11.6 Å². The lowest BCUT2D eigenvalue weighted by Crippen LogP contribution is -2.09. The average Bonchev–Trinajstić information content (AvgIpc) is 3.21. The van der Waals surface area contributed by atoms with Crippen LogP contribution in [0.3, 0.4) is 0 Å². The van der Waals surface area contributed by atoms with Crippen molar-refractivity contribution in [2.75, 3.05) is 0 Å². The first-order chi connectivity index (χ1) is 15.6. The lowest BCUT2D eigenvalue weighted by Gasteiger charge is -2.10. The molecule has 1 atom stereocenters. The molecule has 1 unspecified atom stereocenters. The Morgan fingerprint density at radius 3 is 2.75 bits per heavy atom. The molecule has 3 heterocycles. The van der Waals surface area contributed by atoms with E-state index < -0.39 is 0 Å². The van der Waals surface area contributed by atoms with E-state index in [0.29, 0.717) is 29.1 Å². The Bertz CT molecular complexity index is 1450. The summed E-state index contributed by atoms with van der Waals surface area (Å²) in [5.41, 5.74) is 3.79. The van der Waals surface area contributed by atoms with Crippen molar-refractivity contribution in [1.82, 2.24) is 24.7 Å². The van der Waals surface area contributed by atoms with E-state index in [4.69, 9.17) is 4.74 Å². The summed E-state index contributed by atoms with van der Waals surface area (Å²) in [5, 5.41) is 5.97. The van der Waals surface area contributed by atoms with Crippen LogP contribution in [0.15, 0.2) is 71.9 Å². The largest absolute Gasteiger partial charge is 0.426 e. The molecule has 1 N–H and O–H groups in total. The second kappa shape index (κ2) is 8.26. The Morgan fingerprint density at radius 2 is 1.94 bits per heavy atom. The van der Waals surface area contributed by atoms with Gasteiger partial charge in [-0.1, -0.05) is 38.1 Å². The molecule has 5 rings (SSSR count). The van der Waals surface area contributed by atoms with Crippen LogP contribution in [0.4, 0.5) is 0 Å². The third-order valence-electron chi connectivity index (χ3n) is 5.81. The summed E-state index contributed by atoms with van der Waals surface area (Å²) in [6, 6.07) is 16.2. The topological polar surface area (TPSA) is 85.7 Å². The molecule has 0 saturated heterocycles. The van der Waals surface area contributed by atoms with Crippen molar-refractivity contribution < 1.29 is 4.74 Å². The van der Waals surface area contributed by atoms with Gasteiger partial charge >= 0.3 is 6.01 Å². The average molecular weight is 425 g/mol. The molecule has 0 aliphatic carbocycles. The van der Waals surface area contributed by atoms with Crippen LogP contribution in [0.25, 0.3) is 21.8 Å². The number of hydrogen-bond donors (Lipinski definition) is 1. The number of hydrogen-bond acceptors (Lipinski definition) is 5. The maximum absolute atomic E-state index is 12.2. The van der Waals surface area contributed by atoms with Crippen LogP contribution >= 0.6 is 0 Å². The van der Waals surface area contributed by atoms with E-state index in [2.05, 4.69) is 58.2 Å². The maximum Gasteiger partial charge on any atom is 0.302 e. The molecule has 0 spiro atoms. The summed E-state index contributed by atoms with van der Waals surface area (Å²) in [4.78, 5) is 23.3. The zero-order valence-electron chi connectivity index (χ0n) is 17.9. The molecule has 32 heavy (non-hydrogen) atoms. The van der Waals surface area contributed by atoms with Gasteiger partial charge in [-0.05, 0) is 47.7 Å². The maximum atomic E-state index is 12.2. The van der Waals surface area contributed by atoms with Crippen molar-refractivity contribution in [3.8, 4) is 11.8 Å². The third kappa shape index (κ3) is 3.85. The molecule has 2 aromatic carbocycles. The van der Waals surface area contributed by atoms with Crippen LogP contribution in [0.1, 0.15) is 37.3 Å². The minimum Gasteiger partial charge on any atom is -0.426 e. The first kappa shape index (κ1) is 19.9. The molecule has 7 heteroatoms. The van der Waals surface area contributed by atoms with Gasteiger partial charge in [-0.3, -0.25) is 19.4 Å². The smallest absolute Gasteiger partial charge is 0.302 e. The van der Waals surface area contributed by atoms with E-state index in [9.17, 15) is 4.79 Å². The first-order valence-corrected chi connectivity index (χ1v) is 10.7. The summed E-state index contributed by atoms with van der Waals surface area (Å²) in [6.07, 6.45) is 6.05.